The predicted molar refractivity (Wildman–Crippen MR) is 122 cm³/mol. The van der Waals surface area contributed by atoms with E-state index in [2.05, 4.69) is 33.6 Å². The highest BCUT2D eigenvalue weighted by molar-refractivity contribution is 5.66. The summed E-state index contributed by atoms with van der Waals surface area (Å²) >= 11 is 0. The number of nitrogen functional groups attached to an aromatic ring is 1. The van der Waals surface area contributed by atoms with Gasteiger partial charge in [-0.05, 0) is 50.1 Å². The highest BCUT2D eigenvalue weighted by atomic mass is 19.1. The number of carbonyl (C=O) groups is 1. The molecule has 1 unspecified atom stereocenters. The molecule has 8 heteroatoms. The molecule has 1 amide bonds. The van der Waals surface area contributed by atoms with Crippen molar-refractivity contribution in [3.05, 3.63) is 53.6 Å². The van der Waals surface area contributed by atoms with Gasteiger partial charge in [-0.2, -0.15) is 0 Å². The molecule has 7 nitrogen and oxygen atoms in total. The summed E-state index contributed by atoms with van der Waals surface area (Å²) in [6.45, 7) is 5.17. The monoisotopic (exact) mass is 428 g/mol. The van der Waals surface area contributed by atoms with E-state index in [-0.39, 0.29) is 11.5 Å². The summed E-state index contributed by atoms with van der Waals surface area (Å²) in [7, 11) is 2.12. The lowest BCUT2D eigenvalue weighted by molar-refractivity contribution is -0.118. The number of nitrogens with zero attached hydrogens (tertiary/aromatic N) is 3. The summed E-state index contributed by atoms with van der Waals surface area (Å²) in [4.78, 5) is 18.7. The number of aromatic nitrogens is 1. The van der Waals surface area contributed by atoms with Crippen LogP contribution >= 0.6 is 0 Å². The molecular formula is C23H33FN6O. The second kappa shape index (κ2) is 11.6. The summed E-state index contributed by atoms with van der Waals surface area (Å²) in [5.74, 6) is -0.381. The molecule has 1 fully saturated rings. The molecule has 0 saturated carbocycles. The first kappa shape index (κ1) is 23.0. The first-order chi connectivity index (χ1) is 15.1. The highest BCUT2D eigenvalue weighted by Crippen LogP contribution is 2.31. The Morgan fingerprint density at radius 3 is 2.87 bits per heavy atom. The SMILES string of the molecule is CN(CCNc1cccc(F)c1N)C1CCCc2cccnc21.O=CN1CCNCC1. The molecule has 1 aliphatic carbocycles. The van der Waals surface area contributed by atoms with Crippen molar-refractivity contribution < 1.29 is 9.18 Å². The third kappa shape index (κ3) is 6.38. The minimum atomic E-state index is -0.381. The van der Waals surface area contributed by atoms with Crippen LogP contribution in [0.2, 0.25) is 0 Å². The first-order valence-electron chi connectivity index (χ1n) is 10.9. The second-order valence-electron chi connectivity index (χ2n) is 7.96. The lowest BCUT2D eigenvalue weighted by atomic mass is 9.91. The number of nitrogens with two attached hydrogens (primary N) is 1. The number of hydrogen-bond acceptors (Lipinski definition) is 6. The lowest BCUT2D eigenvalue weighted by Crippen LogP contribution is -2.42. The van der Waals surface area contributed by atoms with Crippen molar-refractivity contribution >= 4 is 17.8 Å². The van der Waals surface area contributed by atoms with Crippen LogP contribution < -0.4 is 16.4 Å². The van der Waals surface area contributed by atoms with Crippen LogP contribution in [0.4, 0.5) is 15.8 Å². The Bertz CT molecular complexity index is 843. The van der Waals surface area contributed by atoms with Crippen LogP contribution in [0.5, 0.6) is 0 Å². The maximum Gasteiger partial charge on any atom is 0.209 e. The number of benzene rings is 1. The molecule has 1 aromatic carbocycles. The minimum Gasteiger partial charge on any atom is -0.395 e. The average molecular weight is 429 g/mol. The largest absolute Gasteiger partial charge is 0.395 e. The summed E-state index contributed by atoms with van der Waals surface area (Å²) in [5.41, 5.74) is 9.14. The van der Waals surface area contributed by atoms with Crippen LogP contribution in [-0.4, -0.2) is 67.5 Å². The number of pyridine rings is 1. The van der Waals surface area contributed by atoms with Gasteiger partial charge in [-0.3, -0.25) is 14.7 Å². The summed E-state index contributed by atoms with van der Waals surface area (Å²) in [6.07, 6.45) is 6.21. The van der Waals surface area contributed by atoms with E-state index in [0.717, 1.165) is 52.0 Å². The van der Waals surface area contributed by atoms with Crippen molar-refractivity contribution in [2.24, 2.45) is 0 Å². The van der Waals surface area contributed by atoms with Crippen LogP contribution in [0.25, 0.3) is 0 Å². The van der Waals surface area contributed by atoms with E-state index >= 15 is 0 Å². The highest BCUT2D eigenvalue weighted by Gasteiger charge is 2.24. The smallest absolute Gasteiger partial charge is 0.209 e. The molecule has 0 bridgehead atoms. The van der Waals surface area contributed by atoms with Crippen molar-refractivity contribution in [3.63, 3.8) is 0 Å². The number of hydrogen-bond donors (Lipinski definition) is 3. The zero-order chi connectivity index (χ0) is 22.1. The van der Waals surface area contributed by atoms with Gasteiger partial charge in [0.25, 0.3) is 0 Å². The normalized spacial score (nSPS) is 18.0. The van der Waals surface area contributed by atoms with Crippen LogP contribution in [0.3, 0.4) is 0 Å². The quantitative estimate of drug-likeness (QED) is 0.483. The molecule has 4 N–H and O–H groups in total. The number of aryl methyl sites for hydroxylation is 1. The summed E-state index contributed by atoms with van der Waals surface area (Å²) in [5, 5.41) is 6.37. The Kier molecular flexibility index (Phi) is 8.61. The van der Waals surface area contributed by atoms with Gasteiger partial charge in [0.2, 0.25) is 6.41 Å². The van der Waals surface area contributed by atoms with Gasteiger partial charge in [-0.25, -0.2) is 4.39 Å². The van der Waals surface area contributed by atoms with E-state index in [0.29, 0.717) is 18.3 Å². The third-order valence-electron chi connectivity index (χ3n) is 5.83. The average Bonchev–Trinajstić information content (AvgIpc) is 2.82. The number of carbonyl (C=O) groups excluding carboxylic acids is 1. The molecule has 0 spiro atoms. The fourth-order valence-electron chi connectivity index (χ4n) is 4.02. The Morgan fingerprint density at radius 1 is 1.32 bits per heavy atom. The number of amides is 1. The lowest BCUT2D eigenvalue weighted by Gasteiger charge is -2.32. The molecule has 168 valence electrons. The predicted octanol–water partition coefficient (Wildman–Crippen LogP) is 2.27. The number of piperazine rings is 1. The Balaban J connectivity index is 0.000000287. The zero-order valence-electron chi connectivity index (χ0n) is 18.2. The van der Waals surface area contributed by atoms with Crippen LogP contribution in [0.1, 0.15) is 30.1 Å². The Hall–Kier alpha value is -2.71. The van der Waals surface area contributed by atoms with Gasteiger partial charge in [-0.15, -0.1) is 0 Å². The van der Waals surface area contributed by atoms with Crippen molar-refractivity contribution in [2.45, 2.75) is 25.3 Å². The van der Waals surface area contributed by atoms with E-state index in [1.165, 1.54) is 23.7 Å². The molecular weight excluding hydrogens is 395 g/mol. The number of rotatable bonds is 6. The maximum atomic E-state index is 13.4. The molecule has 2 heterocycles. The number of para-hydroxylation sites is 1. The van der Waals surface area contributed by atoms with E-state index in [1.54, 1.807) is 17.0 Å². The summed E-state index contributed by atoms with van der Waals surface area (Å²) < 4.78 is 13.4. The molecule has 31 heavy (non-hydrogen) atoms. The zero-order valence-corrected chi connectivity index (χ0v) is 18.2. The number of fused-ring (bicyclic) bond motifs is 1. The van der Waals surface area contributed by atoms with Gasteiger partial charge in [0.1, 0.15) is 5.82 Å². The molecule has 1 saturated heterocycles. The first-order valence-corrected chi connectivity index (χ1v) is 10.9. The van der Waals surface area contributed by atoms with Crippen LogP contribution in [0, 0.1) is 5.82 Å². The molecule has 2 aliphatic rings. The topological polar surface area (TPSA) is 86.5 Å². The minimum absolute atomic E-state index is 0.180. The number of halogens is 1. The second-order valence-corrected chi connectivity index (χ2v) is 7.96. The van der Waals surface area contributed by atoms with Gasteiger partial charge < -0.3 is 21.3 Å². The van der Waals surface area contributed by atoms with Crippen molar-refractivity contribution in [1.82, 2.24) is 20.1 Å². The maximum absolute atomic E-state index is 13.4. The molecule has 1 aliphatic heterocycles. The number of anilines is 2. The molecule has 1 atom stereocenters. The standard InChI is InChI=1S/C18H23FN4.C5H10N2O/c1-23(12-11-21-15-8-3-7-14(19)17(15)20)16-9-2-5-13-6-4-10-22-18(13)16;8-5-7-3-1-6-2-4-7/h3-4,6-8,10,16,21H,2,5,9,11-12,20H2,1H3;5-6H,1-4H2. The third-order valence-corrected chi connectivity index (χ3v) is 5.83. The van der Waals surface area contributed by atoms with Gasteiger partial charge in [0.05, 0.1) is 23.1 Å². The van der Waals surface area contributed by atoms with Crippen molar-refractivity contribution in [1.29, 1.82) is 0 Å². The summed E-state index contributed by atoms with van der Waals surface area (Å²) in [6, 6.07) is 9.38. The van der Waals surface area contributed by atoms with Crippen LogP contribution in [-0.2, 0) is 11.2 Å². The van der Waals surface area contributed by atoms with Gasteiger partial charge in [-0.1, -0.05) is 12.1 Å². The Morgan fingerprint density at radius 2 is 2.13 bits per heavy atom. The van der Waals surface area contributed by atoms with E-state index in [1.807, 2.05) is 12.3 Å². The van der Waals surface area contributed by atoms with Crippen molar-refractivity contribution in [2.75, 3.05) is 57.4 Å². The van der Waals surface area contributed by atoms with Crippen LogP contribution in [0.15, 0.2) is 36.5 Å². The molecule has 4 rings (SSSR count). The van der Waals surface area contributed by atoms with Crippen molar-refractivity contribution in [3.8, 4) is 0 Å². The number of likely N-dealkylation sites (N-methyl/N-ethyl adjacent to an activating group) is 1. The molecule has 2 aromatic rings. The fourth-order valence-corrected chi connectivity index (χ4v) is 4.02. The van der Waals surface area contributed by atoms with Gasteiger partial charge in [0.15, 0.2) is 0 Å². The molecule has 0 radical (unpaired) electrons. The molecule has 1 aromatic heterocycles. The van der Waals surface area contributed by atoms with E-state index < -0.39 is 0 Å². The fraction of sp³-hybridized carbons (Fsp3) is 0.478. The van der Waals surface area contributed by atoms with Gasteiger partial charge in [0, 0.05) is 45.5 Å². The van der Waals surface area contributed by atoms with E-state index in [9.17, 15) is 9.18 Å². The number of nitrogens with one attached hydrogen (secondary N) is 2. The van der Waals surface area contributed by atoms with Gasteiger partial charge >= 0.3 is 0 Å². The van der Waals surface area contributed by atoms with E-state index in [4.69, 9.17) is 5.73 Å². The Labute approximate surface area is 183 Å².